The number of imide groups is 1. The summed E-state index contributed by atoms with van der Waals surface area (Å²) in [6, 6.07) is -2.85. The monoisotopic (exact) mass is 476 g/mol. The summed E-state index contributed by atoms with van der Waals surface area (Å²) in [4.78, 5) is 40.5. The molecule has 0 aromatic rings. The van der Waals surface area contributed by atoms with E-state index in [4.69, 9.17) is 19.3 Å². The molecule has 0 aromatic heterocycles. The fourth-order valence-corrected chi connectivity index (χ4v) is 4.63. The van der Waals surface area contributed by atoms with E-state index in [0.717, 1.165) is 7.11 Å². The predicted molar refractivity (Wildman–Crippen MR) is 110 cm³/mol. The van der Waals surface area contributed by atoms with Crippen LogP contribution in [0.3, 0.4) is 0 Å². The average molecular weight is 476 g/mol. The maximum atomic E-state index is 12.8. The molecule has 32 heavy (non-hydrogen) atoms. The van der Waals surface area contributed by atoms with Gasteiger partial charge in [0.1, 0.15) is 12.3 Å². The Morgan fingerprint density at radius 2 is 2.12 bits per heavy atom. The molecule has 0 aliphatic carbocycles. The van der Waals surface area contributed by atoms with E-state index in [-0.39, 0.29) is 13.0 Å². The van der Waals surface area contributed by atoms with Gasteiger partial charge < -0.3 is 14.0 Å². The zero-order chi connectivity index (χ0) is 24.3. The molecule has 2 fully saturated rings. The maximum Gasteiger partial charge on any atom is 0.406 e. The highest BCUT2D eigenvalue weighted by Gasteiger charge is 2.50. The number of ether oxygens (including phenoxy) is 2. The first-order chi connectivity index (χ1) is 14.9. The number of esters is 1. The lowest BCUT2D eigenvalue weighted by atomic mass is 9.81. The lowest BCUT2D eigenvalue weighted by Gasteiger charge is -2.45. The minimum Gasteiger partial charge on any atom is -0.468 e. The van der Waals surface area contributed by atoms with Gasteiger partial charge in [0.2, 0.25) is 5.91 Å². The quantitative estimate of drug-likeness (QED) is 0.164. The molecule has 2 aliphatic rings. The SMILES string of the molecule is COC(=O)C(C)NP(=O)(OC)OCC1OC(N2C(=O)NC(=O)C(C)(C)C2C)CC1N=[N+]=[N-]. The summed E-state index contributed by atoms with van der Waals surface area (Å²) in [5.41, 5.74) is 8.05. The van der Waals surface area contributed by atoms with Crippen molar-refractivity contribution in [3.05, 3.63) is 10.4 Å². The second-order valence-corrected chi connectivity index (χ2v) is 9.93. The fraction of sp³-hybridized carbons (Fsp3) is 0.824. The van der Waals surface area contributed by atoms with Crippen LogP contribution in [0.15, 0.2) is 5.11 Å². The molecule has 2 aliphatic heterocycles. The number of nitrogens with one attached hydrogen (secondary N) is 2. The van der Waals surface area contributed by atoms with E-state index in [0.29, 0.717) is 0 Å². The number of urea groups is 1. The molecule has 14 nitrogen and oxygen atoms in total. The minimum atomic E-state index is -3.93. The molecular weight excluding hydrogens is 447 g/mol. The normalized spacial score (nSPS) is 30.1. The Bertz CT molecular complexity index is 847. The van der Waals surface area contributed by atoms with Crippen LogP contribution in [-0.4, -0.2) is 74.1 Å². The molecule has 0 aromatic carbocycles. The number of rotatable bonds is 9. The Balaban J connectivity index is 2.14. The van der Waals surface area contributed by atoms with E-state index in [1.54, 1.807) is 20.8 Å². The highest BCUT2D eigenvalue weighted by molar-refractivity contribution is 7.51. The standard InChI is InChI=1S/C17H29N6O8P/c1-9(14(24)28-5)21-32(27,29-6)30-8-12-11(20-22-18)7-13(31-12)23-10(2)17(3,4)15(25)19-16(23)26/h9-13H,7-8H2,1-6H3,(H,21,27)(H,19,25,26). The Morgan fingerprint density at radius 3 is 2.69 bits per heavy atom. The van der Waals surface area contributed by atoms with Crippen molar-refractivity contribution in [1.29, 1.82) is 0 Å². The van der Waals surface area contributed by atoms with Crippen molar-refractivity contribution in [2.75, 3.05) is 20.8 Å². The maximum absolute atomic E-state index is 12.8. The summed E-state index contributed by atoms with van der Waals surface area (Å²) in [5.74, 6) is -1.07. The molecule has 2 rings (SSSR count). The second kappa shape index (κ2) is 10.2. The Labute approximate surface area is 185 Å². The Kier molecular flexibility index (Phi) is 8.27. The van der Waals surface area contributed by atoms with Crippen LogP contribution in [0.1, 0.15) is 34.1 Å². The van der Waals surface area contributed by atoms with E-state index in [9.17, 15) is 18.9 Å². The number of carbonyl (C=O) groups is 3. The summed E-state index contributed by atoms with van der Waals surface area (Å²) in [6.07, 6.45) is -1.54. The summed E-state index contributed by atoms with van der Waals surface area (Å²) in [6.45, 7) is 6.24. The van der Waals surface area contributed by atoms with Crippen LogP contribution in [0.2, 0.25) is 0 Å². The molecule has 15 heteroatoms. The van der Waals surface area contributed by atoms with Gasteiger partial charge in [-0.2, -0.15) is 0 Å². The molecule has 6 atom stereocenters. The fourth-order valence-electron chi connectivity index (χ4n) is 3.42. The molecule has 180 valence electrons. The van der Waals surface area contributed by atoms with Gasteiger partial charge in [0.25, 0.3) is 0 Å². The van der Waals surface area contributed by atoms with Crippen molar-refractivity contribution in [3.8, 4) is 0 Å². The lowest BCUT2D eigenvalue weighted by molar-refractivity contribution is -0.142. The van der Waals surface area contributed by atoms with E-state index < -0.39 is 61.5 Å². The first-order valence-electron chi connectivity index (χ1n) is 9.89. The lowest BCUT2D eigenvalue weighted by Crippen LogP contribution is -2.65. The number of methoxy groups -OCH3 is 1. The van der Waals surface area contributed by atoms with Crippen LogP contribution in [0.4, 0.5) is 4.79 Å². The van der Waals surface area contributed by atoms with Crippen molar-refractivity contribution in [2.24, 2.45) is 10.5 Å². The van der Waals surface area contributed by atoms with Crippen molar-refractivity contribution in [2.45, 2.75) is 64.6 Å². The third-order valence-electron chi connectivity index (χ3n) is 5.77. The number of azide groups is 1. The molecule has 0 saturated carbocycles. The van der Waals surface area contributed by atoms with E-state index in [1.807, 2.05) is 0 Å². The van der Waals surface area contributed by atoms with Crippen LogP contribution < -0.4 is 10.4 Å². The molecule has 2 heterocycles. The molecule has 2 saturated heterocycles. The van der Waals surface area contributed by atoms with Gasteiger partial charge in [-0.05, 0) is 33.2 Å². The number of hydrogen-bond acceptors (Lipinski definition) is 9. The van der Waals surface area contributed by atoms with Gasteiger partial charge in [0.05, 0.1) is 31.3 Å². The minimum absolute atomic E-state index is 0.142. The topological polar surface area (TPSA) is 181 Å². The first-order valence-corrected chi connectivity index (χ1v) is 11.4. The molecule has 6 unspecified atom stereocenters. The molecule has 0 spiro atoms. The summed E-state index contributed by atoms with van der Waals surface area (Å²) < 4.78 is 33.6. The van der Waals surface area contributed by atoms with Crippen LogP contribution in [0.25, 0.3) is 10.4 Å². The van der Waals surface area contributed by atoms with Crippen molar-refractivity contribution in [3.63, 3.8) is 0 Å². The van der Waals surface area contributed by atoms with Crippen molar-refractivity contribution >= 4 is 25.7 Å². The molecule has 2 N–H and O–H groups in total. The van der Waals surface area contributed by atoms with E-state index in [1.165, 1.54) is 18.9 Å². The number of amides is 3. The highest BCUT2D eigenvalue weighted by Crippen LogP contribution is 2.44. The molecule has 0 bridgehead atoms. The van der Waals surface area contributed by atoms with Gasteiger partial charge >= 0.3 is 19.7 Å². The van der Waals surface area contributed by atoms with Crippen LogP contribution in [-0.2, 0) is 32.7 Å². The smallest absolute Gasteiger partial charge is 0.406 e. The zero-order valence-corrected chi connectivity index (χ0v) is 19.7. The average Bonchev–Trinajstić information content (AvgIpc) is 3.13. The first kappa shape index (κ1) is 26.0. The summed E-state index contributed by atoms with van der Waals surface area (Å²) in [7, 11) is -1.61. The van der Waals surface area contributed by atoms with Gasteiger partial charge in [0.15, 0.2) is 0 Å². The van der Waals surface area contributed by atoms with Gasteiger partial charge in [-0.15, -0.1) is 0 Å². The van der Waals surface area contributed by atoms with Crippen LogP contribution in [0, 0.1) is 5.41 Å². The van der Waals surface area contributed by atoms with Crippen molar-refractivity contribution < 1.29 is 37.5 Å². The van der Waals surface area contributed by atoms with Gasteiger partial charge in [-0.1, -0.05) is 5.11 Å². The van der Waals surface area contributed by atoms with Gasteiger partial charge in [-0.3, -0.25) is 24.3 Å². The molecular formula is C17H29N6O8P. The van der Waals surface area contributed by atoms with Crippen molar-refractivity contribution in [1.82, 2.24) is 15.3 Å². The molecule has 0 radical (unpaired) electrons. The van der Waals surface area contributed by atoms with Gasteiger partial charge in [0, 0.05) is 24.5 Å². The highest BCUT2D eigenvalue weighted by atomic mass is 31.2. The third kappa shape index (κ3) is 5.40. The van der Waals surface area contributed by atoms with E-state index in [2.05, 4.69) is 25.2 Å². The van der Waals surface area contributed by atoms with Crippen LogP contribution in [0.5, 0.6) is 0 Å². The van der Waals surface area contributed by atoms with E-state index >= 15 is 0 Å². The number of carbonyl (C=O) groups excluding carboxylic acids is 3. The van der Waals surface area contributed by atoms with Crippen LogP contribution >= 0.6 is 7.75 Å². The summed E-state index contributed by atoms with van der Waals surface area (Å²) >= 11 is 0. The van der Waals surface area contributed by atoms with Gasteiger partial charge in [-0.25, -0.2) is 14.4 Å². The number of nitrogens with zero attached hydrogens (tertiary/aromatic N) is 4. The Morgan fingerprint density at radius 1 is 1.47 bits per heavy atom. The largest absolute Gasteiger partial charge is 0.468 e. The summed E-state index contributed by atoms with van der Waals surface area (Å²) in [5, 5.41) is 8.45. The third-order valence-corrected chi connectivity index (χ3v) is 7.45. The zero-order valence-electron chi connectivity index (χ0n) is 18.8. The molecule has 3 amide bonds. The number of hydrogen-bond donors (Lipinski definition) is 2. The predicted octanol–water partition coefficient (Wildman–Crippen LogP) is 1.67. The Hall–Kier alpha value is -2.21. The second-order valence-electron chi connectivity index (χ2n) is 8.05.